The van der Waals surface area contributed by atoms with Gasteiger partial charge in [-0.2, -0.15) is 5.26 Å². The van der Waals surface area contributed by atoms with Crippen LogP contribution in [0.1, 0.15) is 5.56 Å². The summed E-state index contributed by atoms with van der Waals surface area (Å²) in [5.41, 5.74) is 13.2. The molecule has 0 saturated carbocycles. The SMILES string of the molecule is N#CC1=C(N)Oc2cc(N)ccc2C1. The van der Waals surface area contributed by atoms with Gasteiger partial charge >= 0.3 is 0 Å². The van der Waals surface area contributed by atoms with Gasteiger partial charge in [0.25, 0.3) is 0 Å². The summed E-state index contributed by atoms with van der Waals surface area (Å²) in [6, 6.07) is 7.33. The van der Waals surface area contributed by atoms with Crippen LogP contribution in [0.25, 0.3) is 0 Å². The second kappa shape index (κ2) is 2.96. The summed E-state index contributed by atoms with van der Waals surface area (Å²) in [6.45, 7) is 0. The zero-order valence-electron chi connectivity index (χ0n) is 7.45. The number of nitrogen functional groups attached to an aromatic ring is 1. The van der Waals surface area contributed by atoms with Crippen LogP contribution in [-0.2, 0) is 6.42 Å². The fourth-order valence-electron chi connectivity index (χ4n) is 1.36. The van der Waals surface area contributed by atoms with E-state index in [0.29, 0.717) is 23.4 Å². The first kappa shape index (κ1) is 8.45. The van der Waals surface area contributed by atoms with E-state index in [2.05, 4.69) is 0 Å². The number of ether oxygens (including phenoxy) is 1. The Hall–Kier alpha value is -2.15. The van der Waals surface area contributed by atoms with Gasteiger partial charge in [-0.25, -0.2) is 0 Å². The fraction of sp³-hybridized carbons (Fsp3) is 0.100. The zero-order valence-corrected chi connectivity index (χ0v) is 7.45. The van der Waals surface area contributed by atoms with Crippen molar-refractivity contribution in [1.29, 1.82) is 5.26 Å². The number of benzene rings is 1. The third kappa shape index (κ3) is 1.25. The number of rotatable bonds is 0. The Kier molecular flexibility index (Phi) is 1.79. The summed E-state index contributed by atoms with van der Waals surface area (Å²) in [5.74, 6) is 0.812. The van der Waals surface area contributed by atoms with E-state index in [9.17, 15) is 0 Å². The Balaban J connectivity index is 2.45. The molecule has 0 atom stereocenters. The molecule has 1 aliphatic heterocycles. The Morgan fingerprint density at radius 3 is 2.86 bits per heavy atom. The van der Waals surface area contributed by atoms with Crippen molar-refractivity contribution in [3.63, 3.8) is 0 Å². The van der Waals surface area contributed by atoms with Crippen LogP contribution >= 0.6 is 0 Å². The highest BCUT2D eigenvalue weighted by molar-refractivity contribution is 5.53. The molecule has 0 aliphatic carbocycles. The fourth-order valence-corrected chi connectivity index (χ4v) is 1.36. The number of allylic oxidation sites excluding steroid dienone is 1. The first-order valence-electron chi connectivity index (χ1n) is 4.15. The molecule has 0 saturated heterocycles. The van der Waals surface area contributed by atoms with Gasteiger partial charge in [0.1, 0.15) is 11.8 Å². The lowest BCUT2D eigenvalue weighted by Gasteiger charge is -2.17. The molecule has 0 radical (unpaired) electrons. The Morgan fingerprint density at radius 1 is 1.36 bits per heavy atom. The van der Waals surface area contributed by atoms with E-state index in [4.69, 9.17) is 21.5 Å². The van der Waals surface area contributed by atoms with Crippen molar-refractivity contribution in [1.82, 2.24) is 0 Å². The van der Waals surface area contributed by atoms with Crippen molar-refractivity contribution in [2.24, 2.45) is 5.73 Å². The molecule has 0 unspecified atom stereocenters. The molecule has 4 heteroatoms. The molecule has 4 nitrogen and oxygen atoms in total. The van der Waals surface area contributed by atoms with E-state index in [1.807, 2.05) is 12.1 Å². The molecule has 14 heavy (non-hydrogen) atoms. The highest BCUT2D eigenvalue weighted by Gasteiger charge is 2.17. The van der Waals surface area contributed by atoms with Crippen LogP contribution in [0.5, 0.6) is 5.75 Å². The maximum absolute atomic E-state index is 8.75. The van der Waals surface area contributed by atoms with Crippen LogP contribution < -0.4 is 16.2 Å². The predicted molar refractivity (Wildman–Crippen MR) is 52.0 cm³/mol. The average molecular weight is 187 g/mol. The number of hydrogen-bond donors (Lipinski definition) is 2. The lowest BCUT2D eigenvalue weighted by atomic mass is 10.0. The zero-order chi connectivity index (χ0) is 10.1. The van der Waals surface area contributed by atoms with Crippen LogP contribution in [0.15, 0.2) is 29.7 Å². The minimum Gasteiger partial charge on any atom is -0.440 e. The molecule has 4 N–H and O–H groups in total. The third-order valence-corrected chi connectivity index (χ3v) is 2.11. The minimum atomic E-state index is 0.172. The summed E-state index contributed by atoms with van der Waals surface area (Å²) in [5, 5.41) is 8.75. The van der Waals surface area contributed by atoms with Crippen molar-refractivity contribution in [3.05, 3.63) is 35.2 Å². The van der Waals surface area contributed by atoms with Crippen LogP contribution in [0.3, 0.4) is 0 Å². The predicted octanol–water partition coefficient (Wildman–Crippen LogP) is 0.898. The summed E-state index contributed by atoms with van der Waals surface area (Å²) in [6.07, 6.45) is 0.512. The summed E-state index contributed by atoms with van der Waals surface area (Å²) >= 11 is 0. The summed E-state index contributed by atoms with van der Waals surface area (Å²) in [7, 11) is 0. The maximum Gasteiger partial charge on any atom is 0.205 e. The van der Waals surface area contributed by atoms with Crippen molar-refractivity contribution < 1.29 is 4.74 Å². The van der Waals surface area contributed by atoms with Crippen LogP contribution in [0.4, 0.5) is 5.69 Å². The first-order valence-corrected chi connectivity index (χ1v) is 4.15. The van der Waals surface area contributed by atoms with Gasteiger partial charge in [-0.3, -0.25) is 0 Å². The molecule has 1 aromatic carbocycles. The summed E-state index contributed by atoms with van der Waals surface area (Å²) < 4.78 is 5.27. The van der Waals surface area contributed by atoms with E-state index in [0.717, 1.165) is 5.56 Å². The standard InChI is InChI=1S/C10H9N3O/c11-5-7-3-6-1-2-8(12)4-9(6)14-10(7)13/h1-2,4H,3,12-13H2. The van der Waals surface area contributed by atoms with Crippen molar-refractivity contribution in [3.8, 4) is 11.8 Å². The first-order chi connectivity index (χ1) is 6.70. The Morgan fingerprint density at radius 2 is 2.14 bits per heavy atom. The monoisotopic (exact) mass is 187 g/mol. The molecule has 0 spiro atoms. The van der Waals surface area contributed by atoms with Crippen molar-refractivity contribution in [2.45, 2.75) is 6.42 Å². The van der Waals surface area contributed by atoms with Gasteiger partial charge in [-0.05, 0) is 6.07 Å². The van der Waals surface area contributed by atoms with E-state index in [1.165, 1.54) is 0 Å². The smallest absolute Gasteiger partial charge is 0.205 e. The summed E-state index contributed by atoms with van der Waals surface area (Å²) in [4.78, 5) is 0. The molecule has 0 aromatic heterocycles. The molecule has 0 amide bonds. The number of nitriles is 1. The second-order valence-corrected chi connectivity index (χ2v) is 3.10. The lowest BCUT2D eigenvalue weighted by Crippen LogP contribution is -2.16. The molecule has 0 bridgehead atoms. The lowest BCUT2D eigenvalue weighted by molar-refractivity contribution is 0.399. The van der Waals surface area contributed by atoms with Gasteiger partial charge in [0.15, 0.2) is 0 Å². The van der Waals surface area contributed by atoms with Gasteiger partial charge in [0.05, 0.1) is 5.57 Å². The maximum atomic E-state index is 8.75. The van der Waals surface area contributed by atoms with E-state index < -0.39 is 0 Å². The highest BCUT2D eigenvalue weighted by atomic mass is 16.5. The molecular formula is C10H9N3O. The molecule has 2 rings (SSSR count). The average Bonchev–Trinajstić information content (AvgIpc) is 2.16. The number of anilines is 1. The second-order valence-electron chi connectivity index (χ2n) is 3.10. The van der Waals surface area contributed by atoms with Gasteiger partial charge in [-0.1, -0.05) is 6.07 Å². The quantitative estimate of drug-likeness (QED) is 0.591. The highest BCUT2D eigenvalue weighted by Crippen LogP contribution is 2.29. The Labute approximate surface area is 81.4 Å². The van der Waals surface area contributed by atoms with Crippen LogP contribution in [-0.4, -0.2) is 0 Å². The molecule has 1 aromatic rings. The number of nitrogens with zero attached hydrogens (tertiary/aromatic N) is 1. The van der Waals surface area contributed by atoms with Crippen LogP contribution in [0.2, 0.25) is 0 Å². The number of fused-ring (bicyclic) bond motifs is 1. The van der Waals surface area contributed by atoms with Gasteiger partial charge in [0, 0.05) is 23.7 Å². The van der Waals surface area contributed by atoms with Gasteiger partial charge < -0.3 is 16.2 Å². The normalized spacial score (nSPS) is 14.2. The molecule has 0 fully saturated rings. The molecule has 70 valence electrons. The van der Waals surface area contributed by atoms with E-state index in [1.54, 1.807) is 12.1 Å². The van der Waals surface area contributed by atoms with Gasteiger partial charge in [0.2, 0.25) is 5.88 Å². The van der Waals surface area contributed by atoms with Crippen LogP contribution in [0, 0.1) is 11.3 Å². The minimum absolute atomic E-state index is 0.172. The van der Waals surface area contributed by atoms with Gasteiger partial charge in [-0.15, -0.1) is 0 Å². The molecule has 1 aliphatic rings. The van der Waals surface area contributed by atoms with E-state index in [-0.39, 0.29) is 5.88 Å². The van der Waals surface area contributed by atoms with Crippen molar-refractivity contribution in [2.75, 3.05) is 5.73 Å². The number of hydrogen-bond acceptors (Lipinski definition) is 4. The largest absolute Gasteiger partial charge is 0.440 e. The Bertz CT molecular complexity index is 457. The molecular weight excluding hydrogens is 178 g/mol. The topological polar surface area (TPSA) is 85.1 Å². The molecule has 1 heterocycles. The van der Waals surface area contributed by atoms with Crippen molar-refractivity contribution >= 4 is 5.69 Å². The number of nitrogens with two attached hydrogens (primary N) is 2. The van der Waals surface area contributed by atoms with E-state index >= 15 is 0 Å². The third-order valence-electron chi connectivity index (χ3n) is 2.11.